The van der Waals surface area contributed by atoms with Crippen molar-refractivity contribution in [2.24, 2.45) is 4.99 Å². The Labute approximate surface area is 114 Å². The fourth-order valence-electron chi connectivity index (χ4n) is 1.30. The first-order chi connectivity index (χ1) is 8.65. The number of carbonyl (C=O) groups is 1. The molecule has 1 rings (SSSR count). The lowest BCUT2D eigenvalue weighted by Gasteiger charge is -2.02. The van der Waals surface area contributed by atoms with Crippen LogP contribution in [0.1, 0.15) is 37.6 Å². The molecule has 0 saturated carbocycles. The predicted molar refractivity (Wildman–Crippen MR) is 79.9 cm³/mol. The highest BCUT2D eigenvalue weighted by Crippen LogP contribution is 2.18. The van der Waals surface area contributed by atoms with Gasteiger partial charge in [-0.2, -0.15) is 0 Å². The first-order valence-corrected chi connectivity index (χ1v) is 6.38. The second-order valence-corrected chi connectivity index (χ2v) is 3.91. The van der Waals surface area contributed by atoms with Crippen LogP contribution in [0.4, 0.5) is 0 Å². The van der Waals surface area contributed by atoms with E-state index in [0.29, 0.717) is 17.0 Å². The second kappa shape index (κ2) is 9.60. The minimum atomic E-state index is 0.0313. The zero-order valence-corrected chi connectivity index (χ0v) is 12.2. The summed E-state index contributed by atoms with van der Waals surface area (Å²) < 4.78 is 0. The van der Waals surface area contributed by atoms with Crippen LogP contribution in [-0.2, 0) is 0 Å². The molecule has 2 nitrogen and oxygen atoms in total. The quantitative estimate of drug-likeness (QED) is 0.578. The monoisotopic (exact) mass is 265 g/mol. The topological polar surface area (TPSA) is 29.4 Å². The minimum Gasteiger partial charge on any atom is -0.297 e. The zero-order valence-electron chi connectivity index (χ0n) is 11.4. The number of aliphatic imine (C=N–C) groups is 1. The van der Waals surface area contributed by atoms with Crippen molar-refractivity contribution >= 4 is 23.6 Å². The average Bonchev–Trinajstić information content (AvgIpc) is 2.39. The van der Waals surface area contributed by atoms with E-state index in [9.17, 15) is 4.79 Å². The summed E-state index contributed by atoms with van der Waals surface area (Å²) in [4.78, 5) is 15.7. The maximum atomic E-state index is 11.9. The van der Waals surface area contributed by atoms with E-state index in [1.54, 1.807) is 25.4 Å². The van der Waals surface area contributed by atoms with Crippen molar-refractivity contribution in [3.05, 3.63) is 46.5 Å². The van der Waals surface area contributed by atoms with E-state index in [0.717, 1.165) is 5.57 Å². The van der Waals surface area contributed by atoms with E-state index in [1.165, 1.54) is 0 Å². The summed E-state index contributed by atoms with van der Waals surface area (Å²) >= 11 is 5.94. The normalized spacial score (nSPS) is 11.1. The van der Waals surface area contributed by atoms with Gasteiger partial charge < -0.3 is 0 Å². The van der Waals surface area contributed by atoms with Crippen molar-refractivity contribution in [2.45, 2.75) is 27.2 Å². The number of ketones is 1. The highest BCUT2D eigenvalue weighted by Gasteiger charge is 2.09. The number of carbonyl (C=O) groups excluding carboxylic acids is 1. The van der Waals surface area contributed by atoms with Gasteiger partial charge in [-0.05, 0) is 25.1 Å². The van der Waals surface area contributed by atoms with E-state index >= 15 is 0 Å². The Kier molecular flexibility index (Phi) is 8.85. The molecule has 1 aromatic carbocycles. The van der Waals surface area contributed by atoms with Crippen LogP contribution >= 0.6 is 11.6 Å². The summed E-state index contributed by atoms with van der Waals surface area (Å²) in [5, 5.41) is 0.504. The van der Waals surface area contributed by atoms with Crippen LogP contribution in [0.15, 0.2) is 40.9 Å². The number of Topliss-reactive ketones (excluding diaryl/α,β-unsaturated/α-hetero) is 1. The summed E-state index contributed by atoms with van der Waals surface area (Å²) in [6.45, 7) is 5.90. The molecule has 1 aromatic rings. The highest BCUT2D eigenvalue weighted by molar-refractivity contribution is 6.34. The van der Waals surface area contributed by atoms with Gasteiger partial charge in [0.1, 0.15) is 0 Å². The van der Waals surface area contributed by atoms with E-state index in [1.807, 2.05) is 39.0 Å². The highest BCUT2D eigenvalue weighted by atomic mass is 35.5. The third kappa shape index (κ3) is 5.78. The van der Waals surface area contributed by atoms with Gasteiger partial charge in [-0.3, -0.25) is 9.79 Å². The Bertz CT molecular complexity index is 436. The molecule has 0 heterocycles. The molecule has 0 saturated heterocycles. The molecule has 3 heteroatoms. The van der Waals surface area contributed by atoms with Gasteiger partial charge in [-0.1, -0.05) is 43.2 Å². The molecular weight excluding hydrogens is 246 g/mol. The van der Waals surface area contributed by atoms with Crippen LogP contribution in [0.3, 0.4) is 0 Å². The number of benzene rings is 1. The lowest BCUT2D eigenvalue weighted by Crippen LogP contribution is -2.00. The number of nitrogens with zero attached hydrogens (tertiary/aromatic N) is 1. The maximum absolute atomic E-state index is 11.9. The number of allylic oxidation sites excluding steroid dienone is 2. The van der Waals surface area contributed by atoms with Gasteiger partial charge in [0.05, 0.1) is 5.02 Å². The molecule has 0 aliphatic rings. The molecule has 0 unspecified atom stereocenters. The molecule has 0 fully saturated rings. The predicted octanol–water partition coefficient (Wildman–Crippen LogP) is 4.59. The second-order valence-electron chi connectivity index (χ2n) is 3.50. The van der Waals surface area contributed by atoms with E-state index in [4.69, 9.17) is 11.6 Å². The summed E-state index contributed by atoms with van der Waals surface area (Å²) in [7, 11) is 1.69. The Balaban J connectivity index is 0.00000137. The number of hydrogen-bond acceptors (Lipinski definition) is 2. The van der Waals surface area contributed by atoms with E-state index in [2.05, 4.69) is 4.99 Å². The van der Waals surface area contributed by atoms with Crippen molar-refractivity contribution in [2.75, 3.05) is 7.05 Å². The van der Waals surface area contributed by atoms with Crippen LogP contribution in [0.5, 0.6) is 0 Å². The van der Waals surface area contributed by atoms with Crippen molar-refractivity contribution in [1.29, 1.82) is 0 Å². The summed E-state index contributed by atoms with van der Waals surface area (Å²) in [6, 6.07) is 7.09. The van der Waals surface area contributed by atoms with Crippen LogP contribution < -0.4 is 0 Å². The molecule has 0 aromatic heterocycles. The summed E-state index contributed by atoms with van der Waals surface area (Å²) in [6.07, 6.45) is 3.87. The molecule has 0 amide bonds. The fourth-order valence-corrected chi connectivity index (χ4v) is 1.54. The van der Waals surface area contributed by atoms with Crippen molar-refractivity contribution in [3.8, 4) is 0 Å². The lowest BCUT2D eigenvalue weighted by atomic mass is 10.0. The zero-order chi connectivity index (χ0) is 14.0. The molecule has 0 radical (unpaired) electrons. The van der Waals surface area contributed by atoms with Gasteiger partial charge in [-0.25, -0.2) is 0 Å². The largest absolute Gasteiger partial charge is 0.297 e. The molecule has 0 aliphatic carbocycles. The Hall–Kier alpha value is -1.41. The number of halogens is 1. The maximum Gasteiger partial charge on any atom is 0.168 e. The number of rotatable bonds is 4. The first kappa shape index (κ1) is 16.6. The SMILES string of the molecule is CC.CN=C/C=C(\C)CC(=O)c1ccccc1Cl. The molecule has 98 valence electrons. The van der Waals surface area contributed by atoms with Crippen LogP contribution in [0.2, 0.25) is 5.02 Å². The van der Waals surface area contributed by atoms with Crippen molar-refractivity contribution < 1.29 is 4.79 Å². The lowest BCUT2D eigenvalue weighted by molar-refractivity contribution is 0.0993. The minimum absolute atomic E-state index is 0.0313. The van der Waals surface area contributed by atoms with Gasteiger partial charge in [-0.15, -0.1) is 0 Å². The molecule has 0 atom stereocenters. The van der Waals surface area contributed by atoms with Crippen molar-refractivity contribution in [3.63, 3.8) is 0 Å². The Morgan fingerprint density at radius 1 is 1.33 bits per heavy atom. The standard InChI is InChI=1S/C13H14ClNO.C2H6/c1-10(7-8-15-2)9-13(16)11-5-3-4-6-12(11)14;1-2/h3-8H,9H2,1-2H3;1-2H3/b10-7+,15-8?;. The molecule has 0 aliphatic heterocycles. The molecule has 0 N–H and O–H groups in total. The van der Waals surface area contributed by atoms with Crippen molar-refractivity contribution in [1.82, 2.24) is 0 Å². The third-order valence-corrected chi connectivity index (χ3v) is 2.45. The van der Waals surface area contributed by atoms with Gasteiger partial charge in [0.15, 0.2) is 5.78 Å². The summed E-state index contributed by atoms with van der Waals surface area (Å²) in [5.74, 6) is 0.0313. The van der Waals surface area contributed by atoms with E-state index < -0.39 is 0 Å². The molecular formula is C15H20ClNO. The molecule has 18 heavy (non-hydrogen) atoms. The molecule has 0 bridgehead atoms. The van der Waals surface area contributed by atoms with E-state index in [-0.39, 0.29) is 5.78 Å². The third-order valence-electron chi connectivity index (χ3n) is 2.12. The van der Waals surface area contributed by atoms with Gasteiger partial charge in [0.25, 0.3) is 0 Å². The fraction of sp³-hybridized carbons (Fsp3) is 0.333. The Morgan fingerprint density at radius 2 is 1.94 bits per heavy atom. The van der Waals surface area contributed by atoms with Gasteiger partial charge >= 0.3 is 0 Å². The van der Waals surface area contributed by atoms with Crippen LogP contribution in [-0.4, -0.2) is 19.0 Å². The van der Waals surface area contributed by atoms with Gasteiger partial charge in [0, 0.05) is 25.2 Å². The Morgan fingerprint density at radius 3 is 2.50 bits per heavy atom. The smallest absolute Gasteiger partial charge is 0.168 e. The number of hydrogen-bond donors (Lipinski definition) is 0. The summed E-state index contributed by atoms with van der Waals surface area (Å²) in [5.41, 5.74) is 1.54. The first-order valence-electron chi connectivity index (χ1n) is 6.00. The molecule has 0 spiro atoms. The van der Waals surface area contributed by atoms with Crippen LogP contribution in [0, 0.1) is 0 Å². The van der Waals surface area contributed by atoms with Crippen LogP contribution in [0.25, 0.3) is 0 Å². The average molecular weight is 266 g/mol. The van der Waals surface area contributed by atoms with Gasteiger partial charge in [0.2, 0.25) is 0 Å².